The zero-order valence-electron chi connectivity index (χ0n) is 15.8. The second-order valence-corrected chi connectivity index (χ2v) is 6.37. The van der Waals surface area contributed by atoms with E-state index in [1.54, 1.807) is 35.5 Å². The van der Waals surface area contributed by atoms with Crippen molar-refractivity contribution in [2.75, 3.05) is 35.5 Å². The molecule has 0 fully saturated rings. The van der Waals surface area contributed by atoms with E-state index in [4.69, 9.17) is 23.7 Å². The van der Waals surface area contributed by atoms with Crippen molar-refractivity contribution in [3.8, 4) is 0 Å². The van der Waals surface area contributed by atoms with Crippen LogP contribution in [0.3, 0.4) is 0 Å². The fourth-order valence-corrected chi connectivity index (χ4v) is 2.97. The highest BCUT2D eigenvalue weighted by Gasteiger charge is 2.38. The third-order valence-electron chi connectivity index (χ3n) is 4.30. The smallest absolute Gasteiger partial charge is 0.112 e. The van der Waals surface area contributed by atoms with Crippen molar-refractivity contribution in [1.29, 1.82) is 0 Å². The van der Waals surface area contributed by atoms with Crippen LogP contribution >= 0.6 is 0 Å². The lowest BCUT2D eigenvalue weighted by molar-refractivity contribution is -0.164. The summed E-state index contributed by atoms with van der Waals surface area (Å²) in [4.78, 5) is 0. The van der Waals surface area contributed by atoms with E-state index in [0.29, 0.717) is 11.8 Å². The van der Waals surface area contributed by atoms with Crippen LogP contribution in [0.4, 0.5) is 0 Å². The van der Waals surface area contributed by atoms with E-state index in [9.17, 15) is 0 Å². The minimum Gasteiger partial charge on any atom is -0.381 e. The van der Waals surface area contributed by atoms with E-state index in [0.717, 1.165) is 6.42 Å². The fraction of sp³-hybridized carbons (Fsp3) is 1.00. The van der Waals surface area contributed by atoms with Crippen molar-refractivity contribution < 1.29 is 23.7 Å². The molecule has 5 nitrogen and oxygen atoms in total. The van der Waals surface area contributed by atoms with Gasteiger partial charge in [-0.15, -0.1) is 0 Å². The molecule has 0 saturated carbocycles. The van der Waals surface area contributed by atoms with Crippen molar-refractivity contribution >= 4 is 0 Å². The van der Waals surface area contributed by atoms with Crippen LogP contribution in [0.25, 0.3) is 0 Å². The maximum absolute atomic E-state index is 5.73. The van der Waals surface area contributed by atoms with Gasteiger partial charge in [-0.3, -0.25) is 0 Å². The molecular weight excluding hydrogens is 284 g/mol. The number of hydrogen-bond donors (Lipinski definition) is 0. The van der Waals surface area contributed by atoms with Gasteiger partial charge in [0.05, 0.1) is 18.3 Å². The van der Waals surface area contributed by atoms with E-state index in [1.807, 2.05) is 0 Å². The van der Waals surface area contributed by atoms with Crippen molar-refractivity contribution in [3.63, 3.8) is 0 Å². The number of hydrogen-bond acceptors (Lipinski definition) is 5. The monoisotopic (exact) mass is 320 g/mol. The molecule has 0 aliphatic carbocycles. The predicted molar refractivity (Wildman–Crippen MR) is 88.3 cm³/mol. The predicted octanol–water partition coefficient (Wildman–Crippen LogP) is 2.76. The van der Waals surface area contributed by atoms with Crippen LogP contribution < -0.4 is 0 Å². The van der Waals surface area contributed by atoms with Crippen molar-refractivity contribution in [2.24, 2.45) is 11.8 Å². The Morgan fingerprint density at radius 3 is 1.23 bits per heavy atom. The molecule has 0 heterocycles. The third-order valence-corrected chi connectivity index (χ3v) is 4.30. The quantitative estimate of drug-likeness (QED) is 0.553. The summed E-state index contributed by atoms with van der Waals surface area (Å²) in [5.74, 6) is 0.720. The van der Waals surface area contributed by atoms with Gasteiger partial charge in [-0.1, -0.05) is 27.7 Å². The first-order valence-corrected chi connectivity index (χ1v) is 8.01. The van der Waals surface area contributed by atoms with E-state index >= 15 is 0 Å². The van der Waals surface area contributed by atoms with Gasteiger partial charge in [0.1, 0.15) is 12.2 Å². The van der Waals surface area contributed by atoms with Crippen LogP contribution in [0.5, 0.6) is 0 Å². The molecule has 22 heavy (non-hydrogen) atoms. The molecule has 5 unspecified atom stereocenters. The maximum Gasteiger partial charge on any atom is 0.112 e. The Bertz CT molecular complexity index is 270. The van der Waals surface area contributed by atoms with Gasteiger partial charge in [-0.05, 0) is 11.8 Å². The summed E-state index contributed by atoms with van der Waals surface area (Å²) in [5.41, 5.74) is 0. The summed E-state index contributed by atoms with van der Waals surface area (Å²) in [5, 5.41) is 0. The van der Waals surface area contributed by atoms with Crippen LogP contribution in [0.1, 0.15) is 34.1 Å². The standard InChI is InChI=1S/C17H36O5/c1-11(2)13(18-5)10-14(19-6)16(21-8)17(22-9)15(20-7)12(3)4/h11-17H,10H2,1-9H3. The van der Waals surface area contributed by atoms with Gasteiger partial charge < -0.3 is 23.7 Å². The van der Waals surface area contributed by atoms with E-state index in [1.165, 1.54) is 0 Å². The highest BCUT2D eigenvalue weighted by molar-refractivity contribution is 4.88. The van der Waals surface area contributed by atoms with E-state index in [2.05, 4.69) is 27.7 Å². The Hall–Kier alpha value is -0.200. The highest BCUT2D eigenvalue weighted by Crippen LogP contribution is 2.25. The van der Waals surface area contributed by atoms with Crippen LogP contribution in [0.2, 0.25) is 0 Å². The summed E-state index contributed by atoms with van der Waals surface area (Å²) in [6.45, 7) is 8.51. The second-order valence-electron chi connectivity index (χ2n) is 6.37. The molecule has 5 heteroatoms. The van der Waals surface area contributed by atoms with Gasteiger partial charge in [0, 0.05) is 42.0 Å². The molecule has 134 valence electrons. The minimum absolute atomic E-state index is 0.0624. The zero-order valence-corrected chi connectivity index (χ0v) is 15.8. The number of methoxy groups -OCH3 is 5. The van der Waals surface area contributed by atoms with Crippen LogP contribution in [0.15, 0.2) is 0 Å². The van der Waals surface area contributed by atoms with Gasteiger partial charge in [0.25, 0.3) is 0 Å². The molecule has 0 aliphatic heterocycles. The SMILES string of the molecule is COC(CC(OC)C(OC)C(OC)C(OC)C(C)C)C(C)C. The number of rotatable bonds is 12. The largest absolute Gasteiger partial charge is 0.381 e. The Labute approximate surface area is 136 Å². The first kappa shape index (κ1) is 21.8. The molecule has 0 saturated heterocycles. The van der Waals surface area contributed by atoms with Gasteiger partial charge in [0.15, 0.2) is 0 Å². The summed E-state index contributed by atoms with van der Waals surface area (Å²) in [6, 6.07) is 0. The lowest BCUT2D eigenvalue weighted by atomic mass is 9.90. The molecule has 0 radical (unpaired) electrons. The molecule has 5 atom stereocenters. The average Bonchev–Trinajstić information content (AvgIpc) is 2.48. The third kappa shape index (κ3) is 6.13. The molecule has 0 N–H and O–H groups in total. The highest BCUT2D eigenvalue weighted by atomic mass is 16.6. The molecule has 0 aliphatic rings. The average molecular weight is 320 g/mol. The van der Waals surface area contributed by atoms with Gasteiger partial charge in [0.2, 0.25) is 0 Å². The van der Waals surface area contributed by atoms with Crippen LogP contribution in [-0.2, 0) is 23.7 Å². The Morgan fingerprint density at radius 1 is 0.500 bits per heavy atom. The fourth-order valence-electron chi connectivity index (χ4n) is 2.97. The first-order chi connectivity index (χ1) is 10.4. The molecule has 0 bridgehead atoms. The number of ether oxygens (including phenoxy) is 5. The summed E-state index contributed by atoms with van der Waals surface area (Å²) < 4.78 is 28.3. The lowest BCUT2D eigenvalue weighted by Crippen LogP contribution is -2.51. The van der Waals surface area contributed by atoms with Crippen molar-refractivity contribution in [3.05, 3.63) is 0 Å². The van der Waals surface area contributed by atoms with Gasteiger partial charge in [-0.2, -0.15) is 0 Å². The van der Waals surface area contributed by atoms with Gasteiger partial charge >= 0.3 is 0 Å². The topological polar surface area (TPSA) is 46.2 Å². The molecule has 0 amide bonds. The second kappa shape index (κ2) is 11.4. The molecule has 0 aromatic rings. The van der Waals surface area contributed by atoms with E-state index in [-0.39, 0.29) is 30.5 Å². The van der Waals surface area contributed by atoms with Crippen LogP contribution in [0, 0.1) is 11.8 Å². The van der Waals surface area contributed by atoms with Gasteiger partial charge in [-0.25, -0.2) is 0 Å². The Morgan fingerprint density at radius 2 is 0.955 bits per heavy atom. The molecule has 0 aromatic carbocycles. The van der Waals surface area contributed by atoms with Crippen molar-refractivity contribution in [2.45, 2.75) is 64.6 Å². The molecule has 0 rings (SSSR count). The molecule has 0 spiro atoms. The van der Waals surface area contributed by atoms with Crippen LogP contribution in [-0.4, -0.2) is 66.1 Å². The summed E-state index contributed by atoms with van der Waals surface area (Å²) in [7, 11) is 8.52. The summed E-state index contributed by atoms with van der Waals surface area (Å²) >= 11 is 0. The van der Waals surface area contributed by atoms with E-state index < -0.39 is 0 Å². The van der Waals surface area contributed by atoms with Crippen molar-refractivity contribution in [1.82, 2.24) is 0 Å². The summed E-state index contributed by atoms with van der Waals surface area (Å²) in [6.07, 6.45) is 0.243. The molecule has 0 aromatic heterocycles. The Balaban J connectivity index is 5.20. The maximum atomic E-state index is 5.73. The normalized spacial score (nSPS) is 19.2. The molecular formula is C17H36O5. The lowest BCUT2D eigenvalue weighted by Gasteiger charge is -2.38. The minimum atomic E-state index is -0.223. The Kier molecular flexibility index (Phi) is 11.3. The first-order valence-electron chi connectivity index (χ1n) is 8.01. The zero-order chi connectivity index (χ0) is 17.3.